The third-order valence-electron chi connectivity index (χ3n) is 2.18. The van der Waals surface area contributed by atoms with Crippen molar-refractivity contribution >= 4 is 14.0 Å². The molecule has 16 heavy (non-hydrogen) atoms. The molecule has 94 valence electrons. The Kier molecular flexibility index (Phi) is 9.45. The van der Waals surface area contributed by atoms with E-state index in [1.54, 1.807) is 0 Å². The van der Waals surface area contributed by atoms with Gasteiger partial charge in [-0.25, -0.2) is 0 Å². The zero-order chi connectivity index (χ0) is 12.4. The number of carbonyl (C=O) groups excluding carboxylic acids is 1. The van der Waals surface area contributed by atoms with Crippen LogP contribution in [0.15, 0.2) is 0 Å². The van der Waals surface area contributed by atoms with Crippen molar-refractivity contribution in [3.63, 3.8) is 0 Å². The van der Waals surface area contributed by atoms with Crippen molar-refractivity contribution in [2.24, 2.45) is 0 Å². The number of hydrogen-bond donors (Lipinski definition) is 0. The number of esters is 1. The van der Waals surface area contributed by atoms with Crippen LogP contribution in [0.1, 0.15) is 46.0 Å². The normalized spacial score (nSPS) is 13.3. The monoisotopic (exact) mass is 249 g/mol. The van der Waals surface area contributed by atoms with Crippen LogP contribution in [0.3, 0.4) is 0 Å². The molecule has 4 nitrogen and oxygen atoms in total. The molecule has 0 fully saturated rings. The molecule has 0 bridgehead atoms. The van der Waals surface area contributed by atoms with E-state index in [9.17, 15) is 9.36 Å². The Morgan fingerprint density at radius 2 is 2.00 bits per heavy atom. The Hall–Kier alpha value is -0.470. The largest absolute Gasteiger partial charge is 0.504 e. The van der Waals surface area contributed by atoms with Crippen LogP contribution in [0.4, 0.5) is 0 Å². The minimum Gasteiger partial charge on any atom is -0.460 e. The van der Waals surface area contributed by atoms with E-state index in [2.05, 4.69) is 6.92 Å². The smallest absolute Gasteiger partial charge is 0.460 e. The SMILES string of the molecule is CCCCCC(=O)OC(CC)CO[P+](C)=O. The van der Waals surface area contributed by atoms with Crippen LogP contribution in [0.2, 0.25) is 0 Å². The minimum atomic E-state index is -1.62. The van der Waals surface area contributed by atoms with Crippen molar-refractivity contribution < 1.29 is 18.6 Å². The predicted molar refractivity (Wildman–Crippen MR) is 63.8 cm³/mol. The highest BCUT2D eigenvalue weighted by atomic mass is 31.1. The van der Waals surface area contributed by atoms with E-state index in [-0.39, 0.29) is 18.7 Å². The van der Waals surface area contributed by atoms with E-state index >= 15 is 0 Å². The second-order valence-electron chi connectivity index (χ2n) is 3.71. The predicted octanol–water partition coefficient (Wildman–Crippen LogP) is 3.28. The van der Waals surface area contributed by atoms with Gasteiger partial charge in [0.2, 0.25) is 0 Å². The zero-order valence-corrected chi connectivity index (χ0v) is 11.3. The number of hydrogen-bond acceptors (Lipinski definition) is 4. The molecule has 0 aromatic carbocycles. The van der Waals surface area contributed by atoms with Gasteiger partial charge in [0.1, 0.15) is 12.7 Å². The van der Waals surface area contributed by atoms with Crippen molar-refractivity contribution in [1.82, 2.24) is 0 Å². The minimum absolute atomic E-state index is 0.185. The maximum atomic E-state index is 11.4. The molecule has 0 saturated carbocycles. The van der Waals surface area contributed by atoms with Gasteiger partial charge in [-0.3, -0.25) is 4.79 Å². The molecular formula is C11H22O4P+. The Morgan fingerprint density at radius 3 is 2.50 bits per heavy atom. The number of carbonyl (C=O) groups is 1. The molecule has 0 aromatic heterocycles. The molecular weight excluding hydrogens is 227 g/mol. The zero-order valence-electron chi connectivity index (χ0n) is 10.4. The lowest BCUT2D eigenvalue weighted by Gasteiger charge is -2.13. The molecule has 0 aliphatic rings. The molecule has 0 aromatic rings. The van der Waals surface area contributed by atoms with Crippen LogP contribution in [-0.2, 0) is 18.6 Å². The molecule has 0 aliphatic heterocycles. The van der Waals surface area contributed by atoms with Gasteiger partial charge < -0.3 is 4.74 Å². The lowest BCUT2D eigenvalue weighted by molar-refractivity contribution is -0.150. The molecule has 0 amide bonds. The van der Waals surface area contributed by atoms with Crippen LogP contribution in [0.25, 0.3) is 0 Å². The first kappa shape index (κ1) is 15.5. The topological polar surface area (TPSA) is 52.6 Å². The molecule has 0 heterocycles. The number of unbranched alkanes of at least 4 members (excludes halogenated alkanes) is 2. The Balaban J connectivity index is 3.74. The summed E-state index contributed by atoms with van der Waals surface area (Å²) in [6.45, 7) is 5.72. The maximum Gasteiger partial charge on any atom is 0.504 e. The molecule has 5 heteroatoms. The highest BCUT2D eigenvalue weighted by molar-refractivity contribution is 7.38. The highest BCUT2D eigenvalue weighted by Gasteiger charge is 2.17. The molecule has 0 spiro atoms. The summed E-state index contributed by atoms with van der Waals surface area (Å²) < 4.78 is 20.9. The highest BCUT2D eigenvalue weighted by Crippen LogP contribution is 2.17. The molecule has 0 N–H and O–H groups in total. The van der Waals surface area contributed by atoms with E-state index < -0.39 is 8.03 Å². The number of rotatable bonds is 9. The van der Waals surface area contributed by atoms with Gasteiger partial charge in [-0.05, 0) is 17.4 Å². The van der Waals surface area contributed by atoms with Crippen LogP contribution >= 0.6 is 8.03 Å². The Morgan fingerprint density at radius 1 is 1.31 bits per heavy atom. The summed E-state index contributed by atoms with van der Waals surface area (Å²) in [6, 6.07) is 0. The third-order valence-corrected chi connectivity index (χ3v) is 2.69. The maximum absolute atomic E-state index is 11.4. The Bertz CT molecular complexity index is 218. The third kappa shape index (κ3) is 8.81. The summed E-state index contributed by atoms with van der Waals surface area (Å²) in [7, 11) is -1.62. The van der Waals surface area contributed by atoms with Crippen LogP contribution < -0.4 is 0 Å². The van der Waals surface area contributed by atoms with Crippen molar-refractivity contribution in [3.8, 4) is 0 Å². The molecule has 0 rings (SSSR count). The van der Waals surface area contributed by atoms with Gasteiger partial charge in [0, 0.05) is 6.42 Å². The first-order valence-electron chi connectivity index (χ1n) is 5.83. The summed E-state index contributed by atoms with van der Waals surface area (Å²) >= 11 is 0. The van der Waals surface area contributed by atoms with Gasteiger partial charge in [0.25, 0.3) is 0 Å². The fraction of sp³-hybridized carbons (Fsp3) is 0.909. The fourth-order valence-electron chi connectivity index (χ4n) is 1.19. The molecule has 0 radical (unpaired) electrons. The van der Waals surface area contributed by atoms with E-state index in [4.69, 9.17) is 9.26 Å². The average Bonchev–Trinajstić information content (AvgIpc) is 2.24. The Labute approximate surface area is 98.6 Å². The van der Waals surface area contributed by atoms with Gasteiger partial charge in [-0.1, -0.05) is 26.7 Å². The summed E-state index contributed by atoms with van der Waals surface area (Å²) in [4.78, 5) is 11.4. The standard InChI is InChI=1S/C11H22O4P/c1-4-6-7-8-11(12)15-10(5-2)9-14-16(3)13/h10H,4-9H2,1-3H3/q+1. The van der Waals surface area contributed by atoms with Crippen molar-refractivity contribution in [1.29, 1.82) is 0 Å². The first-order chi connectivity index (χ1) is 7.60. The van der Waals surface area contributed by atoms with E-state index in [1.165, 1.54) is 6.66 Å². The van der Waals surface area contributed by atoms with Gasteiger partial charge >= 0.3 is 14.0 Å². The molecule has 2 unspecified atom stereocenters. The van der Waals surface area contributed by atoms with E-state index in [0.29, 0.717) is 12.8 Å². The van der Waals surface area contributed by atoms with Gasteiger partial charge in [0.15, 0.2) is 6.66 Å². The summed E-state index contributed by atoms with van der Waals surface area (Å²) in [5, 5.41) is 0. The van der Waals surface area contributed by atoms with Crippen LogP contribution in [0.5, 0.6) is 0 Å². The quantitative estimate of drug-likeness (QED) is 0.357. The lowest BCUT2D eigenvalue weighted by Crippen LogP contribution is -2.21. The van der Waals surface area contributed by atoms with Gasteiger partial charge in [-0.2, -0.15) is 0 Å². The summed E-state index contributed by atoms with van der Waals surface area (Å²) in [5.41, 5.74) is 0. The first-order valence-corrected chi connectivity index (χ1v) is 7.45. The second kappa shape index (κ2) is 9.73. The van der Waals surface area contributed by atoms with Gasteiger partial charge in [-0.15, -0.1) is 4.52 Å². The molecule has 0 saturated heterocycles. The number of ether oxygens (including phenoxy) is 1. The second-order valence-corrected chi connectivity index (χ2v) is 4.85. The lowest BCUT2D eigenvalue weighted by atomic mass is 10.2. The van der Waals surface area contributed by atoms with Crippen LogP contribution in [0, 0.1) is 0 Å². The fourth-order valence-corrected chi connectivity index (χ4v) is 1.56. The molecule has 2 atom stereocenters. The van der Waals surface area contributed by atoms with E-state index in [0.717, 1.165) is 19.3 Å². The molecule has 0 aliphatic carbocycles. The van der Waals surface area contributed by atoms with Crippen molar-refractivity contribution in [3.05, 3.63) is 0 Å². The summed E-state index contributed by atoms with van der Waals surface area (Å²) in [6.07, 6.45) is 3.88. The summed E-state index contributed by atoms with van der Waals surface area (Å²) in [5.74, 6) is -0.185. The van der Waals surface area contributed by atoms with Crippen molar-refractivity contribution in [2.45, 2.75) is 52.1 Å². The van der Waals surface area contributed by atoms with Gasteiger partial charge in [0.05, 0.1) is 0 Å². The average molecular weight is 249 g/mol. The van der Waals surface area contributed by atoms with Crippen LogP contribution in [-0.4, -0.2) is 25.3 Å². The van der Waals surface area contributed by atoms with Crippen molar-refractivity contribution in [2.75, 3.05) is 13.3 Å². The van der Waals surface area contributed by atoms with E-state index in [1.807, 2.05) is 6.92 Å².